The Bertz CT molecular complexity index is 633. The van der Waals surface area contributed by atoms with E-state index in [0.29, 0.717) is 12.2 Å². The van der Waals surface area contributed by atoms with Crippen molar-refractivity contribution in [3.63, 3.8) is 0 Å². The second-order valence-corrected chi connectivity index (χ2v) is 7.71. The quantitative estimate of drug-likeness (QED) is 0.768. The highest BCUT2D eigenvalue weighted by atomic mass is 32.1. The summed E-state index contributed by atoms with van der Waals surface area (Å²) in [4.78, 5) is 22.7. The third-order valence-electron chi connectivity index (χ3n) is 4.32. The molecule has 1 aliphatic heterocycles. The minimum atomic E-state index is -0.0649. The fourth-order valence-electron chi connectivity index (χ4n) is 2.82. The van der Waals surface area contributed by atoms with Crippen LogP contribution in [0.25, 0.3) is 9.88 Å². The zero-order chi connectivity index (χ0) is 16.8. The number of nitrogens with zero attached hydrogens (tertiary/aromatic N) is 3. The van der Waals surface area contributed by atoms with E-state index < -0.39 is 0 Å². The first-order valence-corrected chi connectivity index (χ1v) is 10.2. The molecule has 1 fully saturated rings. The molecule has 2 aromatic heterocycles. The molecule has 0 aliphatic carbocycles. The molecular formula is C17H24N4OS2. The number of hydrogen-bond acceptors (Lipinski definition) is 6. The van der Waals surface area contributed by atoms with Crippen LogP contribution in [-0.4, -0.2) is 66.5 Å². The van der Waals surface area contributed by atoms with E-state index in [4.69, 9.17) is 0 Å². The van der Waals surface area contributed by atoms with Crippen molar-refractivity contribution in [3.8, 4) is 9.88 Å². The summed E-state index contributed by atoms with van der Waals surface area (Å²) in [5.41, 5.74) is 0.528. The first-order chi connectivity index (χ1) is 11.8. The van der Waals surface area contributed by atoms with Crippen LogP contribution in [0.4, 0.5) is 0 Å². The first-order valence-electron chi connectivity index (χ1n) is 8.48. The smallest absolute Gasteiger partial charge is 0.270 e. The number of hydrogen-bond donors (Lipinski definition) is 1. The Morgan fingerprint density at radius 3 is 2.75 bits per heavy atom. The van der Waals surface area contributed by atoms with Gasteiger partial charge in [-0.05, 0) is 31.0 Å². The lowest BCUT2D eigenvalue weighted by Crippen LogP contribution is -2.46. The Kier molecular flexibility index (Phi) is 6.37. The van der Waals surface area contributed by atoms with Crippen molar-refractivity contribution in [1.29, 1.82) is 0 Å². The normalized spacial score (nSPS) is 16.4. The molecule has 130 valence electrons. The maximum Gasteiger partial charge on any atom is 0.270 e. The van der Waals surface area contributed by atoms with Crippen LogP contribution in [0.2, 0.25) is 0 Å². The van der Waals surface area contributed by atoms with Gasteiger partial charge in [-0.25, -0.2) is 4.98 Å². The van der Waals surface area contributed by atoms with Gasteiger partial charge in [0.25, 0.3) is 5.91 Å². The van der Waals surface area contributed by atoms with Crippen LogP contribution < -0.4 is 5.32 Å². The Hall–Kier alpha value is -1.28. The standard InChI is InChI=1S/C17H24N4OS2/c1-2-20-8-10-21(11-9-20)7-4-6-18-16(22)14-13-24-17(19-14)15-5-3-12-23-15/h3,5,12-13H,2,4,6-11H2,1H3,(H,18,22). The number of carbonyl (C=O) groups is 1. The van der Waals surface area contributed by atoms with E-state index in [1.165, 1.54) is 11.3 Å². The monoisotopic (exact) mass is 364 g/mol. The second-order valence-electron chi connectivity index (χ2n) is 5.90. The zero-order valence-electron chi connectivity index (χ0n) is 14.0. The van der Waals surface area contributed by atoms with Crippen molar-refractivity contribution in [2.24, 2.45) is 0 Å². The Labute approximate surface area is 151 Å². The number of likely N-dealkylation sites (N-methyl/N-ethyl adjacent to an activating group) is 1. The second kappa shape index (κ2) is 8.71. The molecule has 3 heterocycles. The fraction of sp³-hybridized carbons (Fsp3) is 0.529. The molecule has 0 aromatic carbocycles. The molecule has 1 N–H and O–H groups in total. The zero-order valence-corrected chi connectivity index (χ0v) is 15.7. The Balaban J connectivity index is 1.37. The number of rotatable bonds is 7. The third kappa shape index (κ3) is 4.63. The van der Waals surface area contributed by atoms with E-state index in [0.717, 1.165) is 55.6 Å². The SMILES string of the molecule is CCN1CCN(CCCNC(=O)c2csc(-c3cccs3)n2)CC1. The molecule has 0 spiro atoms. The average Bonchev–Trinajstić information content (AvgIpc) is 3.30. The molecule has 0 atom stereocenters. The minimum absolute atomic E-state index is 0.0649. The first kappa shape index (κ1) is 17.5. The van der Waals surface area contributed by atoms with Gasteiger partial charge in [0.2, 0.25) is 0 Å². The van der Waals surface area contributed by atoms with Gasteiger partial charge in [0.1, 0.15) is 10.7 Å². The van der Waals surface area contributed by atoms with E-state index in [9.17, 15) is 4.79 Å². The molecular weight excluding hydrogens is 340 g/mol. The van der Waals surface area contributed by atoms with Gasteiger partial charge in [-0.1, -0.05) is 13.0 Å². The lowest BCUT2D eigenvalue weighted by atomic mass is 10.3. The summed E-state index contributed by atoms with van der Waals surface area (Å²) in [7, 11) is 0. The largest absolute Gasteiger partial charge is 0.351 e. The van der Waals surface area contributed by atoms with Crippen LogP contribution in [0.5, 0.6) is 0 Å². The van der Waals surface area contributed by atoms with Gasteiger partial charge in [0.05, 0.1) is 4.88 Å². The molecule has 3 rings (SSSR count). The van der Waals surface area contributed by atoms with Gasteiger partial charge in [-0.3, -0.25) is 4.79 Å². The highest BCUT2D eigenvalue weighted by Gasteiger charge is 2.15. The summed E-state index contributed by atoms with van der Waals surface area (Å²) in [6.07, 6.45) is 0.986. The van der Waals surface area contributed by atoms with E-state index >= 15 is 0 Å². The number of aromatic nitrogens is 1. The van der Waals surface area contributed by atoms with Crippen molar-refractivity contribution in [1.82, 2.24) is 20.1 Å². The predicted octanol–water partition coefficient (Wildman–Crippen LogP) is 2.63. The molecule has 2 aromatic rings. The molecule has 1 amide bonds. The molecule has 0 radical (unpaired) electrons. The Morgan fingerprint density at radius 1 is 1.25 bits per heavy atom. The predicted molar refractivity (Wildman–Crippen MR) is 101 cm³/mol. The maximum absolute atomic E-state index is 12.2. The number of amides is 1. The van der Waals surface area contributed by atoms with Crippen LogP contribution in [0.1, 0.15) is 23.8 Å². The summed E-state index contributed by atoms with van der Waals surface area (Å²) in [6, 6.07) is 4.03. The highest BCUT2D eigenvalue weighted by molar-refractivity contribution is 7.20. The maximum atomic E-state index is 12.2. The van der Waals surface area contributed by atoms with Gasteiger partial charge in [-0.15, -0.1) is 22.7 Å². The number of thiophene rings is 1. The van der Waals surface area contributed by atoms with Crippen molar-refractivity contribution in [2.45, 2.75) is 13.3 Å². The van der Waals surface area contributed by atoms with Crippen LogP contribution in [0.3, 0.4) is 0 Å². The van der Waals surface area contributed by atoms with Gasteiger partial charge in [0, 0.05) is 38.1 Å². The third-order valence-corrected chi connectivity index (χ3v) is 6.20. The molecule has 7 heteroatoms. The number of carbonyl (C=O) groups excluding carboxylic acids is 1. The summed E-state index contributed by atoms with van der Waals surface area (Å²) < 4.78 is 0. The van der Waals surface area contributed by atoms with Crippen molar-refractivity contribution >= 4 is 28.6 Å². The molecule has 0 unspecified atom stereocenters. The van der Waals surface area contributed by atoms with Gasteiger partial charge < -0.3 is 15.1 Å². The molecule has 24 heavy (non-hydrogen) atoms. The van der Waals surface area contributed by atoms with Gasteiger partial charge >= 0.3 is 0 Å². The number of thiazole rings is 1. The molecule has 5 nitrogen and oxygen atoms in total. The molecule has 0 bridgehead atoms. The number of nitrogens with one attached hydrogen (secondary N) is 1. The van der Waals surface area contributed by atoms with Crippen molar-refractivity contribution < 1.29 is 4.79 Å². The van der Waals surface area contributed by atoms with Crippen molar-refractivity contribution in [3.05, 3.63) is 28.6 Å². The van der Waals surface area contributed by atoms with Crippen LogP contribution >= 0.6 is 22.7 Å². The lowest BCUT2D eigenvalue weighted by molar-refractivity contribution is 0.0944. The van der Waals surface area contributed by atoms with Crippen LogP contribution in [0, 0.1) is 0 Å². The molecule has 0 saturated carbocycles. The average molecular weight is 365 g/mol. The van der Waals surface area contributed by atoms with E-state index in [-0.39, 0.29) is 5.91 Å². The highest BCUT2D eigenvalue weighted by Crippen LogP contribution is 2.27. The number of piperazine rings is 1. The molecule has 1 aliphatic rings. The summed E-state index contributed by atoms with van der Waals surface area (Å²) in [5, 5.41) is 7.78. The summed E-state index contributed by atoms with van der Waals surface area (Å²) in [6.45, 7) is 9.71. The van der Waals surface area contributed by atoms with E-state index in [2.05, 4.69) is 27.0 Å². The van der Waals surface area contributed by atoms with E-state index in [1.807, 2.05) is 22.9 Å². The molecule has 1 saturated heterocycles. The topological polar surface area (TPSA) is 48.5 Å². The summed E-state index contributed by atoms with van der Waals surface area (Å²) >= 11 is 3.17. The van der Waals surface area contributed by atoms with Crippen LogP contribution in [-0.2, 0) is 0 Å². The van der Waals surface area contributed by atoms with Crippen molar-refractivity contribution in [2.75, 3.05) is 45.8 Å². The van der Waals surface area contributed by atoms with Gasteiger partial charge in [0.15, 0.2) is 0 Å². The lowest BCUT2D eigenvalue weighted by Gasteiger charge is -2.33. The van der Waals surface area contributed by atoms with Crippen LogP contribution in [0.15, 0.2) is 22.9 Å². The van der Waals surface area contributed by atoms with E-state index in [1.54, 1.807) is 11.3 Å². The Morgan fingerprint density at radius 2 is 2.04 bits per heavy atom. The van der Waals surface area contributed by atoms with Gasteiger partial charge in [-0.2, -0.15) is 0 Å². The minimum Gasteiger partial charge on any atom is -0.351 e. The fourth-order valence-corrected chi connectivity index (χ4v) is 4.43. The summed E-state index contributed by atoms with van der Waals surface area (Å²) in [5.74, 6) is -0.0649.